The first-order valence-electron chi connectivity index (χ1n) is 7.07. The predicted molar refractivity (Wildman–Crippen MR) is 80.1 cm³/mol. The molecule has 1 aromatic carbocycles. The standard InChI is InChI=1S/C16H25NO3/c1-5-12(2)14-6-8-15(9-7-14)20-11-16(18)17-13(3)10-19-4/h6-9,12-13H,5,10-11H2,1-4H3,(H,17,18). The van der Waals surface area contributed by atoms with Gasteiger partial charge < -0.3 is 14.8 Å². The second kappa shape index (κ2) is 8.59. The first-order valence-corrected chi connectivity index (χ1v) is 7.07. The highest BCUT2D eigenvalue weighted by Crippen LogP contribution is 2.21. The third kappa shape index (κ3) is 5.61. The molecular weight excluding hydrogens is 254 g/mol. The van der Waals surface area contributed by atoms with Crippen LogP contribution in [-0.4, -0.2) is 32.3 Å². The second-order valence-electron chi connectivity index (χ2n) is 5.09. The van der Waals surface area contributed by atoms with E-state index in [4.69, 9.17) is 9.47 Å². The van der Waals surface area contributed by atoms with Crippen LogP contribution in [0.2, 0.25) is 0 Å². The van der Waals surface area contributed by atoms with Gasteiger partial charge in [-0.25, -0.2) is 0 Å². The van der Waals surface area contributed by atoms with Crippen molar-refractivity contribution in [1.29, 1.82) is 0 Å². The SMILES string of the molecule is CCC(C)c1ccc(OCC(=O)NC(C)COC)cc1. The van der Waals surface area contributed by atoms with Crippen LogP contribution < -0.4 is 10.1 Å². The Bertz CT molecular complexity index is 403. The quantitative estimate of drug-likeness (QED) is 0.796. The van der Waals surface area contributed by atoms with Gasteiger partial charge in [0.25, 0.3) is 5.91 Å². The minimum atomic E-state index is -0.138. The average molecular weight is 279 g/mol. The van der Waals surface area contributed by atoms with E-state index in [1.165, 1.54) is 5.56 Å². The number of hydrogen-bond acceptors (Lipinski definition) is 3. The van der Waals surface area contributed by atoms with Gasteiger partial charge >= 0.3 is 0 Å². The molecule has 4 heteroatoms. The molecule has 2 atom stereocenters. The molecule has 0 bridgehead atoms. The molecule has 0 aliphatic rings. The summed E-state index contributed by atoms with van der Waals surface area (Å²) in [4.78, 5) is 11.6. The van der Waals surface area contributed by atoms with Gasteiger partial charge in [0.05, 0.1) is 6.61 Å². The zero-order valence-electron chi connectivity index (χ0n) is 12.8. The number of amides is 1. The average Bonchev–Trinajstić information content (AvgIpc) is 2.45. The highest BCUT2D eigenvalue weighted by Gasteiger charge is 2.08. The molecule has 2 unspecified atom stereocenters. The van der Waals surface area contributed by atoms with Gasteiger partial charge in [-0.05, 0) is 37.0 Å². The lowest BCUT2D eigenvalue weighted by atomic mass is 9.99. The normalized spacial score (nSPS) is 13.6. The molecule has 20 heavy (non-hydrogen) atoms. The monoisotopic (exact) mass is 279 g/mol. The third-order valence-corrected chi connectivity index (χ3v) is 3.26. The van der Waals surface area contributed by atoms with Crippen molar-refractivity contribution in [3.05, 3.63) is 29.8 Å². The summed E-state index contributed by atoms with van der Waals surface area (Å²) in [7, 11) is 1.61. The van der Waals surface area contributed by atoms with Crippen molar-refractivity contribution >= 4 is 5.91 Å². The van der Waals surface area contributed by atoms with Gasteiger partial charge in [0.15, 0.2) is 6.61 Å². The molecule has 1 aromatic rings. The Hall–Kier alpha value is -1.55. The van der Waals surface area contributed by atoms with E-state index in [9.17, 15) is 4.79 Å². The lowest BCUT2D eigenvalue weighted by molar-refractivity contribution is -0.124. The summed E-state index contributed by atoms with van der Waals surface area (Å²) in [5.41, 5.74) is 1.29. The van der Waals surface area contributed by atoms with Crippen LogP contribution in [0.5, 0.6) is 5.75 Å². The zero-order chi connectivity index (χ0) is 15.0. The molecule has 1 N–H and O–H groups in total. The number of rotatable bonds is 8. The van der Waals surface area contributed by atoms with Gasteiger partial charge in [-0.15, -0.1) is 0 Å². The molecule has 0 radical (unpaired) electrons. The van der Waals surface area contributed by atoms with Crippen LogP contribution in [0.3, 0.4) is 0 Å². The number of carbonyl (C=O) groups is 1. The summed E-state index contributed by atoms with van der Waals surface area (Å²) >= 11 is 0. The van der Waals surface area contributed by atoms with Crippen molar-refractivity contribution in [3.63, 3.8) is 0 Å². The van der Waals surface area contributed by atoms with E-state index in [1.807, 2.05) is 19.1 Å². The lowest BCUT2D eigenvalue weighted by Crippen LogP contribution is -2.38. The molecule has 0 aromatic heterocycles. The van der Waals surface area contributed by atoms with Gasteiger partial charge in [-0.1, -0.05) is 26.0 Å². The fourth-order valence-electron chi connectivity index (χ4n) is 1.89. The predicted octanol–water partition coefficient (Wildman–Crippen LogP) is 2.73. The lowest BCUT2D eigenvalue weighted by Gasteiger charge is -2.14. The Labute approximate surface area is 121 Å². The molecule has 1 rings (SSSR count). The van der Waals surface area contributed by atoms with Crippen molar-refractivity contribution in [2.24, 2.45) is 0 Å². The van der Waals surface area contributed by atoms with Gasteiger partial charge in [0, 0.05) is 13.2 Å². The Morgan fingerprint density at radius 2 is 1.90 bits per heavy atom. The van der Waals surface area contributed by atoms with Crippen molar-refractivity contribution in [2.75, 3.05) is 20.3 Å². The number of carbonyl (C=O) groups excluding carboxylic acids is 1. The van der Waals surface area contributed by atoms with E-state index in [2.05, 4.69) is 31.3 Å². The molecule has 0 aliphatic carbocycles. The Balaban J connectivity index is 2.40. The zero-order valence-corrected chi connectivity index (χ0v) is 12.8. The van der Waals surface area contributed by atoms with Crippen LogP contribution in [-0.2, 0) is 9.53 Å². The van der Waals surface area contributed by atoms with Crippen molar-refractivity contribution in [1.82, 2.24) is 5.32 Å². The van der Waals surface area contributed by atoms with Gasteiger partial charge in [0.1, 0.15) is 5.75 Å². The molecule has 0 saturated carbocycles. The maximum atomic E-state index is 11.6. The molecule has 0 heterocycles. The summed E-state index contributed by atoms with van der Waals surface area (Å²) < 4.78 is 10.4. The molecule has 0 fully saturated rings. The summed E-state index contributed by atoms with van der Waals surface area (Å²) in [6, 6.07) is 7.91. The van der Waals surface area contributed by atoms with Crippen molar-refractivity contribution in [2.45, 2.75) is 39.2 Å². The minimum Gasteiger partial charge on any atom is -0.484 e. The Morgan fingerprint density at radius 3 is 2.45 bits per heavy atom. The summed E-state index contributed by atoms with van der Waals surface area (Å²) in [5.74, 6) is 1.12. The molecule has 1 amide bonds. The summed E-state index contributed by atoms with van der Waals surface area (Å²) in [6.07, 6.45) is 1.11. The maximum absolute atomic E-state index is 11.6. The van der Waals surface area contributed by atoms with Crippen LogP contribution in [0.25, 0.3) is 0 Å². The van der Waals surface area contributed by atoms with Crippen LogP contribution >= 0.6 is 0 Å². The number of nitrogens with one attached hydrogen (secondary N) is 1. The number of methoxy groups -OCH3 is 1. The largest absolute Gasteiger partial charge is 0.484 e. The van der Waals surface area contributed by atoms with Crippen LogP contribution in [0, 0.1) is 0 Å². The van der Waals surface area contributed by atoms with E-state index in [0.717, 1.165) is 6.42 Å². The fourth-order valence-corrected chi connectivity index (χ4v) is 1.89. The van der Waals surface area contributed by atoms with Crippen molar-refractivity contribution in [3.8, 4) is 5.75 Å². The van der Waals surface area contributed by atoms with E-state index >= 15 is 0 Å². The van der Waals surface area contributed by atoms with Crippen LogP contribution in [0.4, 0.5) is 0 Å². The highest BCUT2D eigenvalue weighted by molar-refractivity contribution is 5.77. The molecule has 0 aliphatic heterocycles. The van der Waals surface area contributed by atoms with E-state index in [-0.39, 0.29) is 18.6 Å². The minimum absolute atomic E-state index is 0.0103. The second-order valence-corrected chi connectivity index (χ2v) is 5.09. The third-order valence-electron chi connectivity index (χ3n) is 3.26. The number of hydrogen-bond donors (Lipinski definition) is 1. The molecule has 0 saturated heterocycles. The first kappa shape index (κ1) is 16.5. The van der Waals surface area contributed by atoms with E-state index < -0.39 is 0 Å². The number of ether oxygens (including phenoxy) is 2. The van der Waals surface area contributed by atoms with E-state index in [1.54, 1.807) is 7.11 Å². The first-order chi connectivity index (χ1) is 9.56. The van der Waals surface area contributed by atoms with Gasteiger partial charge in [-0.3, -0.25) is 4.79 Å². The van der Waals surface area contributed by atoms with Crippen LogP contribution in [0.1, 0.15) is 38.7 Å². The Kier molecular flexibility index (Phi) is 7.09. The van der Waals surface area contributed by atoms with Gasteiger partial charge in [0.2, 0.25) is 0 Å². The van der Waals surface area contributed by atoms with Gasteiger partial charge in [-0.2, -0.15) is 0 Å². The fraction of sp³-hybridized carbons (Fsp3) is 0.562. The topological polar surface area (TPSA) is 47.6 Å². The molecule has 112 valence electrons. The molecular formula is C16H25NO3. The molecule has 4 nitrogen and oxygen atoms in total. The van der Waals surface area contributed by atoms with Crippen LogP contribution in [0.15, 0.2) is 24.3 Å². The number of benzene rings is 1. The van der Waals surface area contributed by atoms with Crippen molar-refractivity contribution < 1.29 is 14.3 Å². The Morgan fingerprint density at radius 1 is 1.25 bits per heavy atom. The molecule has 0 spiro atoms. The maximum Gasteiger partial charge on any atom is 0.258 e. The summed E-state index contributed by atoms with van der Waals surface area (Å²) in [6.45, 7) is 6.77. The smallest absolute Gasteiger partial charge is 0.258 e. The highest BCUT2D eigenvalue weighted by atomic mass is 16.5. The summed E-state index contributed by atoms with van der Waals surface area (Å²) in [5, 5.41) is 2.80. The van der Waals surface area contributed by atoms with E-state index in [0.29, 0.717) is 18.3 Å².